The van der Waals surface area contributed by atoms with Crippen LogP contribution in [0.3, 0.4) is 0 Å². The van der Waals surface area contributed by atoms with E-state index in [2.05, 4.69) is 21.8 Å². The number of anilines is 1. The minimum absolute atomic E-state index is 0.327. The van der Waals surface area contributed by atoms with E-state index in [0.717, 1.165) is 44.7 Å². The van der Waals surface area contributed by atoms with Gasteiger partial charge in [0.15, 0.2) is 0 Å². The van der Waals surface area contributed by atoms with Gasteiger partial charge in [-0.1, -0.05) is 0 Å². The van der Waals surface area contributed by atoms with E-state index in [1.807, 2.05) is 6.07 Å². The summed E-state index contributed by atoms with van der Waals surface area (Å²) in [5, 5.41) is 19.3. The lowest BCUT2D eigenvalue weighted by molar-refractivity contribution is 0.0912. The lowest BCUT2D eigenvalue weighted by Crippen LogP contribution is -2.44. The maximum atomic E-state index is 10.3. The van der Waals surface area contributed by atoms with E-state index in [0.29, 0.717) is 35.7 Å². The Morgan fingerprint density at radius 1 is 1.40 bits per heavy atom. The van der Waals surface area contributed by atoms with E-state index < -0.39 is 6.10 Å². The van der Waals surface area contributed by atoms with Crippen molar-refractivity contribution in [1.29, 1.82) is 5.26 Å². The molecule has 2 heterocycles. The Balaban J connectivity index is 1.54. The summed E-state index contributed by atoms with van der Waals surface area (Å²) in [5.41, 5.74) is 8.12. The summed E-state index contributed by atoms with van der Waals surface area (Å²) in [6.45, 7) is 5.98. The SMILES string of the molecule is CN1CCN(CCCOC2=Cc3ncc(C#N)c(N)c3CC2O)CC1. The maximum Gasteiger partial charge on any atom is 0.127 e. The minimum Gasteiger partial charge on any atom is -0.495 e. The van der Waals surface area contributed by atoms with Crippen molar-refractivity contribution in [2.24, 2.45) is 0 Å². The van der Waals surface area contributed by atoms with Crippen LogP contribution in [0.1, 0.15) is 23.2 Å². The van der Waals surface area contributed by atoms with Crippen molar-refractivity contribution in [3.63, 3.8) is 0 Å². The highest BCUT2D eigenvalue weighted by molar-refractivity contribution is 5.68. The molecule has 0 saturated carbocycles. The number of nitrogens with zero attached hydrogens (tertiary/aromatic N) is 4. The fraction of sp³-hybridized carbons (Fsp3) is 0.556. The van der Waals surface area contributed by atoms with E-state index >= 15 is 0 Å². The third kappa shape index (κ3) is 4.10. The van der Waals surface area contributed by atoms with Crippen LogP contribution < -0.4 is 5.73 Å². The molecule has 3 N–H and O–H groups in total. The fourth-order valence-corrected chi connectivity index (χ4v) is 3.22. The van der Waals surface area contributed by atoms with Gasteiger partial charge in [-0.2, -0.15) is 5.26 Å². The number of piperazine rings is 1. The second-order valence-electron chi connectivity index (χ2n) is 6.67. The molecule has 7 nitrogen and oxygen atoms in total. The summed E-state index contributed by atoms with van der Waals surface area (Å²) >= 11 is 0. The van der Waals surface area contributed by atoms with Gasteiger partial charge in [0.1, 0.15) is 17.9 Å². The monoisotopic (exact) mass is 343 g/mol. The van der Waals surface area contributed by atoms with Gasteiger partial charge < -0.3 is 25.4 Å². The number of aromatic nitrogens is 1. The highest BCUT2D eigenvalue weighted by Gasteiger charge is 2.24. The number of aliphatic hydroxyl groups excluding tert-OH is 1. The molecule has 1 unspecified atom stereocenters. The number of hydrogen-bond acceptors (Lipinski definition) is 7. The van der Waals surface area contributed by atoms with Crippen molar-refractivity contribution in [3.05, 3.63) is 28.8 Å². The molecule has 2 aliphatic rings. The van der Waals surface area contributed by atoms with Gasteiger partial charge in [-0.3, -0.25) is 4.98 Å². The summed E-state index contributed by atoms with van der Waals surface area (Å²) in [7, 11) is 2.15. The number of likely N-dealkylation sites (N-methyl/N-ethyl adjacent to an activating group) is 1. The zero-order valence-corrected chi connectivity index (χ0v) is 14.6. The Bertz CT molecular complexity index is 689. The van der Waals surface area contributed by atoms with E-state index in [-0.39, 0.29) is 0 Å². The van der Waals surface area contributed by atoms with E-state index in [1.54, 1.807) is 6.08 Å². The highest BCUT2D eigenvalue weighted by atomic mass is 16.5. The van der Waals surface area contributed by atoms with Crippen LogP contribution in [-0.2, 0) is 11.2 Å². The molecule has 0 spiro atoms. The number of nitrogens with two attached hydrogens (primary N) is 1. The molecule has 0 radical (unpaired) electrons. The van der Waals surface area contributed by atoms with Crippen molar-refractivity contribution < 1.29 is 9.84 Å². The molecular weight excluding hydrogens is 318 g/mol. The largest absolute Gasteiger partial charge is 0.495 e. The van der Waals surface area contributed by atoms with Gasteiger partial charge in [-0.15, -0.1) is 0 Å². The Kier molecular flexibility index (Phi) is 5.53. The predicted molar refractivity (Wildman–Crippen MR) is 95.6 cm³/mol. The molecule has 1 saturated heterocycles. The van der Waals surface area contributed by atoms with E-state index in [9.17, 15) is 5.11 Å². The highest BCUT2D eigenvalue weighted by Crippen LogP contribution is 2.29. The Hall–Kier alpha value is -2.14. The third-order valence-electron chi connectivity index (χ3n) is 4.87. The number of pyridine rings is 1. The van der Waals surface area contributed by atoms with Crippen LogP contribution >= 0.6 is 0 Å². The Morgan fingerprint density at radius 2 is 2.16 bits per heavy atom. The van der Waals surface area contributed by atoms with Gasteiger partial charge in [0, 0.05) is 57.0 Å². The van der Waals surface area contributed by atoms with Crippen LogP contribution in [-0.4, -0.2) is 72.4 Å². The number of fused-ring (bicyclic) bond motifs is 1. The lowest BCUT2D eigenvalue weighted by atomic mass is 9.95. The quantitative estimate of drug-likeness (QED) is 0.749. The zero-order chi connectivity index (χ0) is 17.8. The molecule has 7 heteroatoms. The van der Waals surface area contributed by atoms with Crippen LogP contribution in [0.15, 0.2) is 12.0 Å². The summed E-state index contributed by atoms with van der Waals surface area (Å²) in [5.74, 6) is 0.530. The first-order chi connectivity index (χ1) is 12.1. The molecule has 1 aromatic heterocycles. The molecule has 1 aliphatic heterocycles. The molecule has 1 aromatic rings. The fourth-order valence-electron chi connectivity index (χ4n) is 3.22. The van der Waals surface area contributed by atoms with Gasteiger partial charge >= 0.3 is 0 Å². The number of aliphatic hydroxyl groups is 1. The standard InChI is InChI=1S/C18H25N5O2/c1-22-4-6-23(7-5-22)3-2-8-25-17-10-15-14(9-16(17)24)18(20)13(11-19)12-21-15/h10,12,16,24H,2-9H2,1H3,(H2,20,21). The first-order valence-electron chi connectivity index (χ1n) is 8.69. The number of hydrogen-bond donors (Lipinski definition) is 2. The molecule has 1 atom stereocenters. The predicted octanol–water partition coefficient (Wildman–Crippen LogP) is 0.447. The lowest BCUT2D eigenvalue weighted by Gasteiger charge is -2.32. The third-order valence-corrected chi connectivity index (χ3v) is 4.87. The van der Waals surface area contributed by atoms with Gasteiger partial charge in [-0.25, -0.2) is 0 Å². The molecule has 25 heavy (non-hydrogen) atoms. The summed E-state index contributed by atoms with van der Waals surface area (Å²) < 4.78 is 5.79. The van der Waals surface area contributed by atoms with E-state index in [4.69, 9.17) is 15.7 Å². The second-order valence-corrected chi connectivity index (χ2v) is 6.67. The number of rotatable bonds is 5. The average Bonchev–Trinajstić information content (AvgIpc) is 2.61. The molecular formula is C18H25N5O2. The first-order valence-corrected chi connectivity index (χ1v) is 8.69. The zero-order valence-electron chi connectivity index (χ0n) is 14.6. The van der Waals surface area contributed by atoms with Crippen molar-refractivity contribution >= 4 is 11.8 Å². The summed E-state index contributed by atoms with van der Waals surface area (Å²) in [6.07, 6.45) is 3.70. The Morgan fingerprint density at radius 3 is 2.88 bits per heavy atom. The number of nitriles is 1. The van der Waals surface area contributed by atoms with Crippen molar-refractivity contribution in [1.82, 2.24) is 14.8 Å². The van der Waals surface area contributed by atoms with Crippen LogP contribution in [0.2, 0.25) is 0 Å². The molecule has 3 rings (SSSR count). The molecule has 1 aliphatic carbocycles. The maximum absolute atomic E-state index is 10.3. The second kappa shape index (κ2) is 7.83. The normalized spacial score (nSPS) is 21.3. The van der Waals surface area contributed by atoms with Crippen LogP contribution in [0.25, 0.3) is 6.08 Å². The van der Waals surface area contributed by atoms with Gasteiger partial charge in [0.25, 0.3) is 0 Å². The van der Waals surface area contributed by atoms with Gasteiger partial charge in [-0.05, 0) is 13.5 Å². The van der Waals surface area contributed by atoms with Gasteiger partial charge in [0.2, 0.25) is 0 Å². The van der Waals surface area contributed by atoms with Crippen LogP contribution in [0, 0.1) is 11.3 Å². The molecule has 0 aromatic carbocycles. The molecule has 0 bridgehead atoms. The van der Waals surface area contributed by atoms with Crippen LogP contribution in [0.4, 0.5) is 5.69 Å². The first kappa shape index (κ1) is 17.7. The summed E-state index contributed by atoms with van der Waals surface area (Å²) in [4.78, 5) is 9.04. The van der Waals surface area contributed by atoms with Crippen molar-refractivity contribution in [2.45, 2.75) is 18.9 Å². The van der Waals surface area contributed by atoms with Crippen molar-refractivity contribution in [3.8, 4) is 6.07 Å². The average molecular weight is 343 g/mol. The Labute approximate surface area is 148 Å². The number of nitrogen functional groups attached to an aromatic ring is 1. The minimum atomic E-state index is -0.742. The smallest absolute Gasteiger partial charge is 0.127 e. The van der Waals surface area contributed by atoms with Gasteiger partial charge in [0.05, 0.1) is 23.6 Å². The number of ether oxygens (including phenoxy) is 1. The van der Waals surface area contributed by atoms with E-state index in [1.165, 1.54) is 6.20 Å². The van der Waals surface area contributed by atoms with Crippen molar-refractivity contribution in [2.75, 3.05) is 52.1 Å². The summed E-state index contributed by atoms with van der Waals surface area (Å²) in [6, 6.07) is 2.02. The molecule has 0 amide bonds. The topological polar surface area (TPSA) is 98.6 Å². The van der Waals surface area contributed by atoms with Crippen LogP contribution in [0.5, 0.6) is 0 Å². The molecule has 1 fully saturated rings. The molecule has 134 valence electrons.